The lowest BCUT2D eigenvalue weighted by Crippen LogP contribution is -2.25. The molecule has 7 heteroatoms. The van der Waals surface area contributed by atoms with E-state index in [0.717, 1.165) is 0 Å². The van der Waals surface area contributed by atoms with E-state index >= 15 is 0 Å². The molecule has 0 aliphatic heterocycles. The molecule has 0 atom stereocenters. The van der Waals surface area contributed by atoms with Crippen molar-refractivity contribution in [3.63, 3.8) is 0 Å². The number of halogens is 3. The summed E-state index contributed by atoms with van der Waals surface area (Å²) in [6, 6.07) is 14.7. The topological polar surface area (TPSA) is 47.6 Å². The Labute approximate surface area is 137 Å². The third-order valence-electron chi connectivity index (χ3n) is 3.02. The van der Waals surface area contributed by atoms with Gasteiger partial charge >= 0.3 is 6.36 Å². The Bertz CT molecular complexity index is 660. The molecule has 0 fully saturated rings. The van der Waals surface area contributed by atoms with E-state index in [0.29, 0.717) is 5.75 Å². The Kier molecular flexibility index (Phi) is 6.06. The van der Waals surface area contributed by atoms with Crippen LogP contribution in [0.3, 0.4) is 0 Å². The van der Waals surface area contributed by atoms with Gasteiger partial charge in [-0.1, -0.05) is 36.4 Å². The molecule has 4 nitrogen and oxygen atoms in total. The second-order valence-corrected chi connectivity index (χ2v) is 4.84. The summed E-state index contributed by atoms with van der Waals surface area (Å²) in [5.74, 6) is -0.00667. The van der Waals surface area contributed by atoms with Crippen LogP contribution in [0.15, 0.2) is 54.6 Å². The fraction of sp³-hybridized carbons (Fsp3) is 0.235. The SMILES string of the molecule is O=C(CCOc1ccccc1)NCc1ccccc1OC(F)(F)F. The van der Waals surface area contributed by atoms with Crippen LogP contribution in [0, 0.1) is 0 Å². The highest BCUT2D eigenvalue weighted by atomic mass is 19.4. The molecule has 1 N–H and O–H groups in total. The molecule has 0 aromatic heterocycles. The Morgan fingerprint density at radius 1 is 1.00 bits per heavy atom. The van der Waals surface area contributed by atoms with E-state index in [2.05, 4.69) is 10.1 Å². The minimum absolute atomic E-state index is 0.0591. The van der Waals surface area contributed by atoms with Crippen molar-refractivity contribution in [2.75, 3.05) is 6.61 Å². The molecule has 0 saturated heterocycles. The summed E-state index contributed by atoms with van der Waals surface area (Å²) in [6.07, 6.45) is -4.68. The zero-order valence-corrected chi connectivity index (χ0v) is 12.7. The number of para-hydroxylation sites is 2. The van der Waals surface area contributed by atoms with Gasteiger partial charge in [0.25, 0.3) is 0 Å². The maximum atomic E-state index is 12.3. The van der Waals surface area contributed by atoms with Gasteiger partial charge in [0.05, 0.1) is 13.0 Å². The normalized spacial score (nSPS) is 11.0. The van der Waals surface area contributed by atoms with E-state index in [1.807, 2.05) is 18.2 Å². The van der Waals surface area contributed by atoms with E-state index in [1.54, 1.807) is 18.2 Å². The molecule has 0 aliphatic carbocycles. The molecule has 0 bridgehead atoms. The largest absolute Gasteiger partial charge is 0.573 e. The van der Waals surface area contributed by atoms with Crippen molar-refractivity contribution in [1.29, 1.82) is 0 Å². The lowest BCUT2D eigenvalue weighted by Gasteiger charge is -2.13. The van der Waals surface area contributed by atoms with Crippen molar-refractivity contribution in [1.82, 2.24) is 5.32 Å². The highest BCUT2D eigenvalue weighted by Gasteiger charge is 2.31. The maximum Gasteiger partial charge on any atom is 0.573 e. The molecule has 0 spiro atoms. The first-order valence-corrected chi connectivity index (χ1v) is 7.22. The minimum Gasteiger partial charge on any atom is -0.493 e. The van der Waals surface area contributed by atoms with E-state index < -0.39 is 6.36 Å². The van der Waals surface area contributed by atoms with Gasteiger partial charge in [-0.3, -0.25) is 4.79 Å². The first-order chi connectivity index (χ1) is 11.4. The van der Waals surface area contributed by atoms with Gasteiger partial charge in [0.1, 0.15) is 11.5 Å². The van der Waals surface area contributed by atoms with Gasteiger partial charge in [-0.15, -0.1) is 13.2 Å². The Morgan fingerprint density at radius 3 is 2.38 bits per heavy atom. The lowest BCUT2D eigenvalue weighted by molar-refractivity contribution is -0.274. The van der Waals surface area contributed by atoms with E-state index in [4.69, 9.17) is 4.74 Å². The number of carbonyl (C=O) groups is 1. The predicted octanol–water partition coefficient (Wildman–Crippen LogP) is 3.67. The number of amides is 1. The van der Waals surface area contributed by atoms with Crippen LogP contribution in [-0.2, 0) is 11.3 Å². The zero-order valence-electron chi connectivity index (χ0n) is 12.7. The number of nitrogens with one attached hydrogen (secondary N) is 1. The minimum atomic E-state index is -4.77. The third kappa shape index (κ3) is 6.20. The maximum absolute atomic E-state index is 12.3. The Morgan fingerprint density at radius 2 is 1.67 bits per heavy atom. The molecule has 128 valence electrons. The summed E-state index contributed by atoms with van der Waals surface area (Å²) in [5.41, 5.74) is 0.243. The summed E-state index contributed by atoms with van der Waals surface area (Å²) in [5, 5.41) is 2.55. The predicted molar refractivity (Wildman–Crippen MR) is 81.5 cm³/mol. The van der Waals surface area contributed by atoms with Crippen molar-refractivity contribution < 1.29 is 27.4 Å². The second kappa shape index (κ2) is 8.24. The average molecular weight is 339 g/mol. The average Bonchev–Trinajstić information content (AvgIpc) is 2.54. The van der Waals surface area contributed by atoms with Crippen LogP contribution in [0.5, 0.6) is 11.5 Å². The van der Waals surface area contributed by atoms with E-state index in [9.17, 15) is 18.0 Å². The number of rotatable bonds is 7. The summed E-state index contributed by atoms with van der Waals surface area (Å²) < 4.78 is 46.3. The smallest absolute Gasteiger partial charge is 0.493 e. The summed E-state index contributed by atoms with van der Waals surface area (Å²) >= 11 is 0. The fourth-order valence-corrected chi connectivity index (χ4v) is 1.93. The molecule has 2 aromatic rings. The molecule has 24 heavy (non-hydrogen) atoms. The van der Waals surface area contributed by atoms with Crippen LogP contribution in [0.4, 0.5) is 13.2 Å². The monoisotopic (exact) mass is 339 g/mol. The van der Waals surface area contributed by atoms with Crippen molar-refractivity contribution >= 4 is 5.91 Å². The summed E-state index contributed by atoms with van der Waals surface area (Å²) in [4.78, 5) is 11.7. The van der Waals surface area contributed by atoms with Gasteiger partial charge in [-0.05, 0) is 18.2 Å². The number of ether oxygens (including phenoxy) is 2. The Balaban J connectivity index is 1.79. The Hall–Kier alpha value is -2.70. The van der Waals surface area contributed by atoms with E-state index in [1.165, 1.54) is 18.2 Å². The van der Waals surface area contributed by atoms with Crippen LogP contribution < -0.4 is 14.8 Å². The number of alkyl halides is 3. The van der Waals surface area contributed by atoms with Crippen molar-refractivity contribution in [2.24, 2.45) is 0 Å². The second-order valence-electron chi connectivity index (χ2n) is 4.84. The summed E-state index contributed by atoms with van der Waals surface area (Å²) in [7, 11) is 0. The third-order valence-corrected chi connectivity index (χ3v) is 3.02. The van der Waals surface area contributed by atoms with Crippen LogP contribution in [0.1, 0.15) is 12.0 Å². The zero-order chi connectivity index (χ0) is 17.4. The van der Waals surface area contributed by atoms with Crippen molar-refractivity contribution in [3.8, 4) is 11.5 Å². The van der Waals surface area contributed by atoms with Crippen LogP contribution >= 0.6 is 0 Å². The van der Waals surface area contributed by atoms with Crippen molar-refractivity contribution in [2.45, 2.75) is 19.3 Å². The molecule has 0 aliphatic rings. The molecule has 2 rings (SSSR count). The number of hydrogen-bond donors (Lipinski definition) is 1. The molecule has 0 unspecified atom stereocenters. The van der Waals surface area contributed by atoms with Gasteiger partial charge in [-0.2, -0.15) is 0 Å². The molecule has 0 radical (unpaired) electrons. The van der Waals surface area contributed by atoms with Gasteiger partial charge in [-0.25, -0.2) is 0 Å². The van der Waals surface area contributed by atoms with Gasteiger partial charge in [0.2, 0.25) is 5.91 Å². The number of benzene rings is 2. The van der Waals surface area contributed by atoms with Crippen LogP contribution in [-0.4, -0.2) is 18.9 Å². The fourth-order valence-electron chi connectivity index (χ4n) is 1.93. The number of hydrogen-bond acceptors (Lipinski definition) is 3. The van der Waals surface area contributed by atoms with Gasteiger partial charge in [0.15, 0.2) is 0 Å². The first-order valence-electron chi connectivity index (χ1n) is 7.22. The van der Waals surface area contributed by atoms with Crippen LogP contribution in [0.25, 0.3) is 0 Å². The van der Waals surface area contributed by atoms with Gasteiger partial charge in [0, 0.05) is 12.1 Å². The first kappa shape index (κ1) is 17.7. The highest BCUT2D eigenvalue weighted by Crippen LogP contribution is 2.26. The molecule has 2 aromatic carbocycles. The molecule has 0 heterocycles. The van der Waals surface area contributed by atoms with Crippen LogP contribution in [0.2, 0.25) is 0 Å². The highest BCUT2D eigenvalue weighted by molar-refractivity contribution is 5.76. The molecule has 0 saturated carbocycles. The quantitative estimate of drug-likeness (QED) is 0.837. The lowest BCUT2D eigenvalue weighted by atomic mass is 10.2. The number of carbonyl (C=O) groups excluding carboxylic acids is 1. The molecular weight excluding hydrogens is 323 g/mol. The van der Waals surface area contributed by atoms with E-state index in [-0.39, 0.29) is 36.8 Å². The molecule has 1 amide bonds. The van der Waals surface area contributed by atoms with Gasteiger partial charge < -0.3 is 14.8 Å². The standard InChI is InChI=1S/C17H16F3NO3/c18-17(19,20)24-15-9-5-4-6-13(15)12-21-16(22)10-11-23-14-7-2-1-3-8-14/h1-9H,10-12H2,(H,21,22). The summed E-state index contributed by atoms with van der Waals surface area (Å²) in [6.45, 7) is 0.118. The molecular formula is C17H16F3NO3. The van der Waals surface area contributed by atoms with Crippen molar-refractivity contribution in [3.05, 3.63) is 60.2 Å².